The Hall–Kier alpha value is -3.08. The molecule has 2 N–H and O–H groups in total. The first-order chi connectivity index (χ1) is 11.3. The second kappa shape index (κ2) is 6.79. The van der Waals surface area contributed by atoms with Crippen LogP contribution >= 0.6 is 0 Å². The fourth-order valence-corrected chi connectivity index (χ4v) is 2.27. The van der Waals surface area contributed by atoms with Crippen molar-refractivity contribution in [1.29, 1.82) is 0 Å². The van der Waals surface area contributed by atoms with Crippen LogP contribution in [0.5, 0.6) is 5.75 Å². The number of nitrogens with one attached hydrogen (secondary N) is 2. The first kappa shape index (κ1) is 14.8. The molecule has 0 radical (unpaired) electrons. The third kappa shape index (κ3) is 3.58. The highest BCUT2D eigenvalue weighted by atomic mass is 16.5. The van der Waals surface area contributed by atoms with Gasteiger partial charge in [-0.25, -0.2) is 0 Å². The normalized spacial score (nSPS) is 11.0. The van der Waals surface area contributed by atoms with Crippen LogP contribution in [0.3, 0.4) is 0 Å². The number of methoxy groups -OCH3 is 1. The number of rotatable bonds is 5. The Labute approximate surface area is 133 Å². The molecule has 0 saturated heterocycles. The minimum Gasteiger partial charge on any atom is -0.497 e. The zero-order valence-corrected chi connectivity index (χ0v) is 12.7. The molecule has 5 nitrogen and oxygen atoms in total. The summed E-state index contributed by atoms with van der Waals surface area (Å²) in [5, 5.41) is 5.04. The molecule has 0 atom stereocenters. The molecule has 1 aromatic heterocycles. The third-order valence-electron chi connectivity index (χ3n) is 3.50. The number of ether oxygens (including phenoxy) is 1. The highest BCUT2D eigenvalue weighted by Crippen LogP contribution is 2.18. The summed E-state index contributed by atoms with van der Waals surface area (Å²) in [6, 6.07) is 17.3. The van der Waals surface area contributed by atoms with Crippen LogP contribution in [0, 0.1) is 0 Å². The largest absolute Gasteiger partial charge is 0.497 e. The quantitative estimate of drug-likeness (QED) is 0.562. The van der Waals surface area contributed by atoms with Gasteiger partial charge in [0.1, 0.15) is 5.75 Å². The molecule has 1 heterocycles. The van der Waals surface area contributed by atoms with E-state index in [4.69, 9.17) is 4.74 Å². The second-order valence-corrected chi connectivity index (χ2v) is 5.09. The lowest BCUT2D eigenvalue weighted by molar-refractivity contribution is 0.415. The van der Waals surface area contributed by atoms with E-state index in [9.17, 15) is 4.79 Å². The van der Waals surface area contributed by atoms with Gasteiger partial charge < -0.3 is 15.1 Å². The Morgan fingerprint density at radius 2 is 2.00 bits per heavy atom. The fourth-order valence-electron chi connectivity index (χ4n) is 2.27. The number of fused-ring (bicyclic) bond motifs is 1. The highest BCUT2D eigenvalue weighted by Gasteiger charge is 2.02. The average Bonchev–Trinajstić information content (AvgIpc) is 2.59. The lowest BCUT2D eigenvalue weighted by Crippen LogP contribution is -2.13. The number of nitrogens with zero attached hydrogens (tertiary/aromatic N) is 1. The van der Waals surface area contributed by atoms with Crippen molar-refractivity contribution in [2.45, 2.75) is 6.54 Å². The fraction of sp³-hybridized carbons (Fsp3) is 0.111. The van der Waals surface area contributed by atoms with Gasteiger partial charge in [0.25, 0.3) is 5.56 Å². The predicted molar refractivity (Wildman–Crippen MR) is 92.0 cm³/mol. The van der Waals surface area contributed by atoms with Crippen molar-refractivity contribution in [2.75, 3.05) is 7.11 Å². The Morgan fingerprint density at radius 3 is 2.78 bits per heavy atom. The molecule has 2 aromatic carbocycles. The molecule has 0 saturated carbocycles. The molecule has 0 amide bonds. The molecule has 0 spiro atoms. The third-order valence-corrected chi connectivity index (χ3v) is 3.50. The SMILES string of the molecule is COc1ccc2cc(/C=N/NCc3ccccc3)c(=O)[nH]c2c1. The van der Waals surface area contributed by atoms with Crippen molar-refractivity contribution in [1.82, 2.24) is 10.4 Å². The first-order valence-electron chi connectivity index (χ1n) is 7.27. The summed E-state index contributed by atoms with van der Waals surface area (Å²) in [4.78, 5) is 14.9. The van der Waals surface area contributed by atoms with E-state index in [-0.39, 0.29) is 5.56 Å². The molecule has 0 aliphatic carbocycles. The number of benzene rings is 2. The molecule has 3 rings (SSSR count). The number of aromatic nitrogens is 1. The molecule has 3 aromatic rings. The van der Waals surface area contributed by atoms with Gasteiger partial charge in [0, 0.05) is 6.07 Å². The summed E-state index contributed by atoms with van der Waals surface area (Å²) in [5.41, 5.74) is 5.13. The van der Waals surface area contributed by atoms with E-state index in [1.807, 2.05) is 42.5 Å². The molecule has 23 heavy (non-hydrogen) atoms. The van der Waals surface area contributed by atoms with Gasteiger partial charge in [-0.05, 0) is 29.1 Å². The maximum absolute atomic E-state index is 12.1. The lowest BCUT2D eigenvalue weighted by Gasteiger charge is -2.03. The van der Waals surface area contributed by atoms with E-state index in [1.54, 1.807) is 19.2 Å². The van der Waals surface area contributed by atoms with Gasteiger partial charge >= 0.3 is 0 Å². The van der Waals surface area contributed by atoms with E-state index < -0.39 is 0 Å². The van der Waals surface area contributed by atoms with Gasteiger partial charge in [-0.1, -0.05) is 30.3 Å². The number of hydrogen-bond donors (Lipinski definition) is 2. The van der Waals surface area contributed by atoms with Crippen LogP contribution < -0.4 is 15.7 Å². The molecular weight excluding hydrogens is 290 g/mol. The second-order valence-electron chi connectivity index (χ2n) is 5.09. The molecule has 0 aliphatic rings. The maximum Gasteiger partial charge on any atom is 0.257 e. The van der Waals surface area contributed by atoms with Gasteiger partial charge in [0.2, 0.25) is 0 Å². The van der Waals surface area contributed by atoms with E-state index >= 15 is 0 Å². The van der Waals surface area contributed by atoms with E-state index in [2.05, 4.69) is 15.5 Å². The van der Waals surface area contributed by atoms with Crippen molar-refractivity contribution in [2.24, 2.45) is 5.10 Å². The van der Waals surface area contributed by atoms with Crippen molar-refractivity contribution in [3.8, 4) is 5.75 Å². The van der Waals surface area contributed by atoms with Crippen LogP contribution in [0.1, 0.15) is 11.1 Å². The standard InChI is InChI=1S/C18H17N3O2/c1-23-16-8-7-14-9-15(18(22)21-17(14)10-16)12-20-19-11-13-5-3-2-4-6-13/h2-10,12,19H,11H2,1H3,(H,21,22)/b20-12+. The summed E-state index contributed by atoms with van der Waals surface area (Å²) >= 11 is 0. The number of hydrogen-bond acceptors (Lipinski definition) is 4. The maximum atomic E-state index is 12.1. The van der Waals surface area contributed by atoms with Gasteiger partial charge in [-0.15, -0.1) is 0 Å². The molecule has 116 valence electrons. The lowest BCUT2D eigenvalue weighted by atomic mass is 10.1. The summed E-state index contributed by atoms with van der Waals surface area (Å²) in [6.45, 7) is 0.611. The summed E-state index contributed by atoms with van der Waals surface area (Å²) in [5.74, 6) is 0.707. The minimum absolute atomic E-state index is 0.184. The van der Waals surface area contributed by atoms with Crippen molar-refractivity contribution < 1.29 is 4.74 Å². The summed E-state index contributed by atoms with van der Waals surface area (Å²) in [6.07, 6.45) is 1.53. The Balaban J connectivity index is 1.76. The number of hydrazone groups is 1. The predicted octanol–water partition coefficient (Wildman–Crippen LogP) is 2.66. The van der Waals surface area contributed by atoms with E-state index in [0.717, 1.165) is 16.5 Å². The van der Waals surface area contributed by atoms with Gasteiger partial charge in [0.15, 0.2) is 0 Å². The first-order valence-corrected chi connectivity index (χ1v) is 7.27. The summed E-state index contributed by atoms with van der Waals surface area (Å²) < 4.78 is 5.16. The Bertz CT molecular complexity index is 886. The van der Waals surface area contributed by atoms with Gasteiger partial charge in [-0.2, -0.15) is 5.10 Å². The van der Waals surface area contributed by atoms with Gasteiger partial charge in [0.05, 0.1) is 30.9 Å². The molecule has 5 heteroatoms. The van der Waals surface area contributed by atoms with Crippen LogP contribution in [0.2, 0.25) is 0 Å². The van der Waals surface area contributed by atoms with Crippen LogP contribution in [0.15, 0.2) is 64.5 Å². The van der Waals surface area contributed by atoms with Crippen molar-refractivity contribution >= 4 is 17.1 Å². The van der Waals surface area contributed by atoms with E-state index in [0.29, 0.717) is 17.9 Å². The highest BCUT2D eigenvalue weighted by molar-refractivity contribution is 5.88. The molecule has 0 bridgehead atoms. The topological polar surface area (TPSA) is 66.5 Å². The van der Waals surface area contributed by atoms with Crippen LogP contribution in [0.4, 0.5) is 0 Å². The number of aromatic amines is 1. The van der Waals surface area contributed by atoms with Crippen LogP contribution in [-0.2, 0) is 6.54 Å². The Morgan fingerprint density at radius 1 is 1.17 bits per heavy atom. The smallest absolute Gasteiger partial charge is 0.257 e. The number of pyridine rings is 1. The minimum atomic E-state index is -0.184. The zero-order chi connectivity index (χ0) is 16.1. The average molecular weight is 307 g/mol. The van der Waals surface area contributed by atoms with Crippen LogP contribution in [0.25, 0.3) is 10.9 Å². The van der Waals surface area contributed by atoms with Crippen LogP contribution in [-0.4, -0.2) is 18.3 Å². The molecule has 0 aliphatic heterocycles. The molecule has 0 unspecified atom stereocenters. The Kier molecular flexibility index (Phi) is 4.38. The monoisotopic (exact) mass is 307 g/mol. The zero-order valence-electron chi connectivity index (χ0n) is 12.7. The molecular formula is C18H17N3O2. The number of H-pyrrole nitrogens is 1. The van der Waals surface area contributed by atoms with Crippen molar-refractivity contribution in [3.05, 3.63) is 76.1 Å². The molecule has 0 fully saturated rings. The summed E-state index contributed by atoms with van der Waals surface area (Å²) in [7, 11) is 1.60. The van der Waals surface area contributed by atoms with Gasteiger partial charge in [-0.3, -0.25) is 4.79 Å². The van der Waals surface area contributed by atoms with Crippen molar-refractivity contribution in [3.63, 3.8) is 0 Å². The van der Waals surface area contributed by atoms with E-state index in [1.165, 1.54) is 6.21 Å².